The van der Waals surface area contributed by atoms with Crippen molar-refractivity contribution < 1.29 is 4.74 Å². The average molecular weight is 303 g/mol. The number of hydrogen-bond donors (Lipinski definition) is 0. The second kappa shape index (κ2) is 5.43. The molecule has 3 aromatic rings. The van der Waals surface area contributed by atoms with Gasteiger partial charge in [0.1, 0.15) is 12.4 Å². The summed E-state index contributed by atoms with van der Waals surface area (Å²) in [6.45, 7) is 3.04. The predicted molar refractivity (Wildman–Crippen MR) is 90.8 cm³/mol. The van der Waals surface area contributed by atoms with Crippen molar-refractivity contribution in [2.75, 3.05) is 0 Å². The largest absolute Gasteiger partial charge is 0.488 e. The van der Waals surface area contributed by atoms with Crippen LogP contribution in [0.5, 0.6) is 5.75 Å². The average Bonchev–Trinajstić information content (AvgIpc) is 2.59. The highest BCUT2D eigenvalue weighted by atomic mass is 16.5. The summed E-state index contributed by atoms with van der Waals surface area (Å²) in [4.78, 5) is 13.1. The normalized spacial score (nSPS) is 12.2. The second-order valence-electron chi connectivity index (χ2n) is 5.85. The van der Waals surface area contributed by atoms with E-state index in [2.05, 4.69) is 0 Å². The number of hydrogen-bond acceptors (Lipinski definition) is 2. The third-order valence-electron chi connectivity index (χ3n) is 4.32. The van der Waals surface area contributed by atoms with E-state index >= 15 is 0 Å². The first-order valence-corrected chi connectivity index (χ1v) is 7.73. The highest BCUT2D eigenvalue weighted by Gasteiger charge is 2.22. The summed E-state index contributed by atoms with van der Waals surface area (Å²) in [5.41, 5.74) is 4.76. The Morgan fingerprint density at radius 2 is 1.78 bits per heavy atom. The molecule has 2 aromatic carbocycles. The maximum atomic E-state index is 13.1. The zero-order valence-corrected chi connectivity index (χ0v) is 13.0. The van der Waals surface area contributed by atoms with Crippen molar-refractivity contribution in [3.63, 3.8) is 0 Å². The van der Waals surface area contributed by atoms with Gasteiger partial charge in [0.05, 0.1) is 12.1 Å². The summed E-state index contributed by atoms with van der Waals surface area (Å²) < 4.78 is 7.62. The Hall–Kier alpha value is -2.81. The Labute approximate surface area is 134 Å². The molecule has 0 amide bonds. The summed E-state index contributed by atoms with van der Waals surface area (Å²) in [5, 5.41) is 0. The highest BCUT2D eigenvalue weighted by molar-refractivity contribution is 5.74. The van der Waals surface area contributed by atoms with Crippen LogP contribution in [-0.4, -0.2) is 4.57 Å². The number of nitrogens with zero attached hydrogens (tertiary/aromatic N) is 1. The predicted octanol–water partition coefficient (Wildman–Crippen LogP) is 3.76. The molecule has 0 saturated heterocycles. The number of fused-ring (bicyclic) bond motifs is 3. The van der Waals surface area contributed by atoms with Gasteiger partial charge in [0.2, 0.25) is 0 Å². The maximum absolute atomic E-state index is 13.1. The first-order valence-electron chi connectivity index (χ1n) is 7.73. The van der Waals surface area contributed by atoms with Crippen LogP contribution in [0.25, 0.3) is 11.1 Å². The summed E-state index contributed by atoms with van der Waals surface area (Å²) in [7, 11) is 0. The molecule has 0 unspecified atom stereocenters. The van der Waals surface area contributed by atoms with Gasteiger partial charge in [-0.1, -0.05) is 54.6 Å². The van der Waals surface area contributed by atoms with E-state index in [4.69, 9.17) is 4.74 Å². The number of ether oxygens (including phenoxy) is 1. The molecule has 0 bridgehead atoms. The Morgan fingerprint density at radius 3 is 2.61 bits per heavy atom. The van der Waals surface area contributed by atoms with Crippen molar-refractivity contribution in [3.05, 3.63) is 87.8 Å². The van der Waals surface area contributed by atoms with Gasteiger partial charge in [-0.2, -0.15) is 0 Å². The van der Waals surface area contributed by atoms with E-state index in [1.165, 1.54) is 0 Å². The molecule has 1 aliphatic rings. The van der Waals surface area contributed by atoms with Gasteiger partial charge in [0.15, 0.2) is 0 Å². The van der Waals surface area contributed by atoms with E-state index in [0.29, 0.717) is 24.5 Å². The zero-order valence-electron chi connectivity index (χ0n) is 13.0. The molecule has 1 aliphatic heterocycles. The second-order valence-corrected chi connectivity index (χ2v) is 5.85. The standard InChI is InChI=1S/C20H17NO2/c1-14-11-18-19(17-10-6-5-9-16(17)13-23-18)20(22)21(14)12-15-7-3-2-4-8-15/h2-11H,12-13H2,1H3. The van der Waals surface area contributed by atoms with Crippen LogP contribution in [0.2, 0.25) is 0 Å². The summed E-state index contributed by atoms with van der Waals surface area (Å²) in [5.74, 6) is 0.690. The van der Waals surface area contributed by atoms with Crippen molar-refractivity contribution >= 4 is 0 Å². The highest BCUT2D eigenvalue weighted by Crippen LogP contribution is 2.35. The number of aryl methyl sites for hydroxylation is 1. The van der Waals surface area contributed by atoms with Gasteiger partial charge < -0.3 is 9.30 Å². The minimum atomic E-state index is 0.0102. The van der Waals surface area contributed by atoms with Gasteiger partial charge in [0.25, 0.3) is 5.56 Å². The van der Waals surface area contributed by atoms with Crippen molar-refractivity contribution in [1.82, 2.24) is 4.57 Å². The molecule has 0 aliphatic carbocycles. The van der Waals surface area contributed by atoms with E-state index in [1.54, 1.807) is 0 Å². The molecule has 0 radical (unpaired) electrons. The Bertz CT molecular complexity index is 926. The lowest BCUT2D eigenvalue weighted by atomic mass is 9.98. The van der Waals surface area contributed by atoms with Gasteiger partial charge in [-0.3, -0.25) is 4.79 Å². The monoisotopic (exact) mass is 303 g/mol. The number of pyridine rings is 1. The Balaban J connectivity index is 1.89. The van der Waals surface area contributed by atoms with Crippen molar-refractivity contribution in [2.24, 2.45) is 0 Å². The van der Waals surface area contributed by atoms with Gasteiger partial charge in [-0.05, 0) is 23.6 Å². The molecule has 0 saturated carbocycles. The molecule has 0 fully saturated rings. The van der Waals surface area contributed by atoms with Crippen LogP contribution in [0.15, 0.2) is 65.5 Å². The van der Waals surface area contributed by atoms with Gasteiger partial charge in [-0.25, -0.2) is 0 Å². The van der Waals surface area contributed by atoms with Crippen LogP contribution in [-0.2, 0) is 13.2 Å². The summed E-state index contributed by atoms with van der Waals surface area (Å²) in [6, 6.07) is 20.0. The first-order chi connectivity index (χ1) is 11.2. The molecule has 3 nitrogen and oxygen atoms in total. The van der Waals surface area contributed by atoms with Crippen molar-refractivity contribution in [2.45, 2.75) is 20.1 Å². The van der Waals surface area contributed by atoms with Crippen LogP contribution >= 0.6 is 0 Å². The Morgan fingerprint density at radius 1 is 1.04 bits per heavy atom. The van der Waals surface area contributed by atoms with Crippen LogP contribution in [0, 0.1) is 6.92 Å². The molecular weight excluding hydrogens is 286 g/mol. The number of rotatable bonds is 2. The molecule has 0 atom stereocenters. The summed E-state index contributed by atoms with van der Waals surface area (Å²) in [6.07, 6.45) is 0. The van der Waals surface area contributed by atoms with Crippen molar-refractivity contribution in [3.8, 4) is 16.9 Å². The van der Waals surface area contributed by atoms with Crippen LogP contribution < -0.4 is 10.3 Å². The zero-order chi connectivity index (χ0) is 15.8. The lowest BCUT2D eigenvalue weighted by Gasteiger charge is -2.22. The molecule has 114 valence electrons. The van der Waals surface area contributed by atoms with Crippen LogP contribution in [0.3, 0.4) is 0 Å². The molecule has 2 heterocycles. The number of benzene rings is 2. The fourth-order valence-corrected chi connectivity index (χ4v) is 3.11. The van der Waals surface area contributed by atoms with Gasteiger partial charge in [-0.15, -0.1) is 0 Å². The Kier molecular flexibility index (Phi) is 3.27. The fraction of sp³-hybridized carbons (Fsp3) is 0.150. The smallest absolute Gasteiger partial charge is 0.262 e. The van der Waals surface area contributed by atoms with E-state index in [0.717, 1.165) is 22.4 Å². The first kappa shape index (κ1) is 13.8. The lowest BCUT2D eigenvalue weighted by Crippen LogP contribution is -2.27. The maximum Gasteiger partial charge on any atom is 0.262 e. The molecule has 0 N–H and O–H groups in total. The summed E-state index contributed by atoms with van der Waals surface area (Å²) >= 11 is 0. The van der Waals surface area contributed by atoms with Crippen LogP contribution in [0.1, 0.15) is 16.8 Å². The van der Waals surface area contributed by atoms with E-state index in [9.17, 15) is 4.79 Å². The lowest BCUT2D eigenvalue weighted by molar-refractivity contribution is 0.300. The van der Waals surface area contributed by atoms with E-state index in [1.807, 2.05) is 72.2 Å². The minimum Gasteiger partial charge on any atom is -0.488 e. The minimum absolute atomic E-state index is 0.0102. The topological polar surface area (TPSA) is 31.2 Å². The third kappa shape index (κ3) is 2.34. The van der Waals surface area contributed by atoms with E-state index in [-0.39, 0.29) is 5.56 Å². The van der Waals surface area contributed by atoms with E-state index < -0.39 is 0 Å². The van der Waals surface area contributed by atoms with Crippen molar-refractivity contribution in [1.29, 1.82) is 0 Å². The molecule has 3 heteroatoms. The molecule has 0 spiro atoms. The molecule has 1 aromatic heterocycles. The molecular formula is C20H17NO2. The third-order valence-corrected chi connectivity index (χ3v) is 4.32. The van der Waals surface area contributed by atoms with Gasteiger partial charge in [0, 0.05) is 11.8 Å². The number of aromatic nitrogens is 1. The fourth-order valence-electron chi connectivity index (χ4n) is 3.11. The quantitative estimate of drug-likeness (QED) is 0.721. The van der Waals surface area contributed by atoms with Crippen LogP contribution in [0.4, 0.5) is 0 Å². The molecule has 4 rings (SSSR count). The molecule has 23 heavy (non-hydrogen) atoms. The van der Waals surface area contributed by atoms with Gasteiger partial charge >= 0.3 is 0 Å². The SMILES string of the molecule is Cc1cc2c(c(=O)n1Cc1ccccc1)-c1ccccc1CO2.